The minimum Gasteiger partial charge on any atom is -0.462 e. The summed E-state index contributed by atoms with van der Waals surface area (Å²) in [6.07, 6.45) is 7.21. The van der Waals surface area contributed by atoms with Crippen molar-refractivity contribution < 1.29 is 9.53 Å². The topological polar surface area (TPSA) is 26.3 Å². The first-order chi connectivity index (χ1) is 7.93. The van der Waals surface area contributed by atoms with Crippen LogP contribution in [0.4, 0.5) is 0 Å². The second kappa shape index (κ2) is 3.49. The third-order valence-electron chi connectivity index (χ3n) is 5.98. The van der Waals surface area contributed by atoms with Crippen molar-refractivity contribution in [3.8, 4) is 0 Å². The quantitative estimate of drug-likeness (QED) is 0.601. The predicted octanol–water partition coefficient (Wildman–Crippen LogP) is 3.54. The third kappa shape index (κ3) is 1.56. The molecule has 0 aromatic heterocycles. The van der Waals surface area contributed by atoms with E-state index in [1.165, 1.54) is 25.7 Å². The summed E-state index contributed by atoms with van der Waals surface area (Å²) in [6, 6.07) is 0. The Balaban J connectivity index is 1.94. The molecular weight excluding hydrogens is 212 g/mol. The number of hydrogen-bond acceptors (Lipinski definition) is 2. The van der Waals surface area contributed by atoms with Gasteiger partial charge in [0, 0.05) is 5.92 Å². The summed E-state index contributed by atoms with van der Waals surface area (Å²) < 4.78 is 5.51. The highest BCUT2D eigenvalue weighted by molar-refractivity contribution is 5.72. The molecule has 0 aromatic carbocycles. The summed E-state index contributed by atoms with van der Waals surface area (Å²) in [4.78, 5) is 11.6. The maximum Gasteiger partial charge on any atom is 0.306 e. The fourth-order valence-electron chi connectivity index (χ4n) is 5.19. The Labute approximate surface area is 104 Å². The number of hydrogen-bond donors (Lipinski definition) is 0. The number of carbonyl (C=O) groups is 1. The van der Waals surface area contributed by atoms with Crippen LogP contribution in [0, 0.1) is 22.7 Å². The van der Waals surface area contributed by atoms with Crippen molar-refractivity contribution >= 4 is 5.97 Å². The zero-order valence-electron chi connectivity index (χ0n) is 11.3. The molecule has 1 saturated heterocycles. The summed E-state index contributed by atoms with van der Waals surface area (Å²) in [5.74, 6) is 1.32. The van der Waals surface area contributed by atoms with E-state index in [-0.39, 0.29) is 12.1 Å². The van der Waals surface area contributed by atoms with Crippen molar-refractivity contribution in [3.63, 3.8) is 0 Å². The average molecular weight is 236 g/mol. The molecule has 2 nitrogen and oxygen atoms in total. The van der Waals surface area contributed by atoms with E-state index in [9.17, 15) is 4.79 Å². The Bertz CT molecular complexity index is 347. The van der Waals surface area contributed by atoms with Gasteiger partial charge in [-0.3, -0.25) is 4.79 Å². The van der Waals surface area contributed by atoms with E-state index in [1.807, 2.05) is 0 Å². The van der Waals surface area contributed by atoms with Gasteiger partial charge in [-0.2, -0.15) is 0 Å². The molecule has 0 N–H and O–H groups in total. The summed E-state index contributed by atoms with van der Waals surface area (Å²) in [5.41, 5.74) is 0.792. The monoisotopic (exact) mass is 236 g/mol. The number of esters is 1. The summed E-state index contributed by atoms with van der Waals surface area (Å²) in [6.45, 7) is 7.28. The molecule has 1 heterocycles. The van der Waals surface area contributed by atoms with E-state index in [0.717, 1.165) is 12.3 Å². The first kappa shape index (κ1) is 11.6. The van der Waals surface area contributed by atoms with Crippen LogP contribution >= 0.6 is 0 Å². The number of fused-ring (bicyclic) bond motifs is 3. The maximum absolute atomic E-state index is 11.6. The summed E-state index contributed by atoms with van der Waals surface area (Å²) in [7, 11) is 0. The Kier molecular flexibility index (Phi) is 2.37. The molecule has 2 heteroatoms. The van der Waals surface area contributed by atoms with Gasteiger partial charge in [-0.25, -0.2) is 0 Å². The van der Waals surface area contributed by atoms with Crippen LogP contribution in [0.15, 0.2) is 0 Å². The van der Waals surface area contributed by atoms with Crippen LogP contribution < -0.4 is 0 Å². The molecule has 0 spiro atoms. The first-order valence-electron chi connectivity index (χ1n) is 7.13. The van der Waals surface area contributed by atoms with Crippen LogP contribution in [0.3, 0.4) is 0 Å². The van der Waals surface area contributed by atoms with Gasteiger partial charge in [0.2, 0.25) is 0 Å². The first-order valence-corrected chi connectivity index (χ1v) is 7.13. The van der Waals surface area contributed by atoms with Gasteiger partial charge < -0.3 is 4.74 Å². The maximum atomic E-state index is 11.6. The number of carbonyl (C=O) groups excluding carboxylic acids is 1. The van der Waals surface area contributed by atoms with Gasteiger partial charge in [-0.05, 0) is 42.4 Å². The Morgan fingerprint density at radius 1 is 1.18 bits per heavy atom. The van der Waals surface area contributed by atoms with Crippen LogP contribution in [0.5, 0.6) is 0 Å². The lowest BCUT2D eigenvalue weighted by Gasteiger charge is -2.57. The molecule has 4 unspecified atom stereocenters. The Hall–Kier alpha value is -0.530. The molecule has 0 radical (unpaired) electrons. The summed E-state index contributed by atoms with van der Waals surface area (Å²) >= 11 is 0. The highest BCUT2D eigenvalue weighted by Gasteiger charge is 2.57. The molecule has 0 amide bonds. The molecule has 4 atom stereocenters. The SMILES string of the molecule is CC1(C)CCCC2(C)C3CC(=O)OC3CCC12. The van der Waals surface area contributed by atoms with Gasteiger partial charge in [0.15, 0.2) is 0 Å². The highest BCUT2D eigenvalue weighted by atomic mass is 16.5. The molecule has 17 heavy (non-hydrogen) atoms. The molecule has 3 rings (SSSR count). The zero-order chi connectivity index (χ0) is 12.3. The second-order valence-electron chi connectivity index (χ2n) is 7.32. The van der Waals surface area contributed by atoms with Crippen molar-refractivity contribution in [1.82, 2.24) is 0 Å². The average Bonchev–Trinajstić information content (AvgIpc) is 2.58. The lowest BCUT2D eigenvalue weighted by molar-refractivity contribution is -0.145. The van der Waals surface area contributed by atoms with E-state index in [4.69, 9.17) is 4.74 Å². The van der Waals surface area contributed by atoms with Gasteiger partial charge in [-0.15, -0.1) is 0 Å². The largest absolute Gasteiger partial charge is 0.462 e. The fourth-order valence-corrected chi connectivity index (χ4v) is 5.19. The van der Waals surface area contributed by atoms with Gasteiger partial charge in [0.25, 0.3) is 0 Å². The molecule has 96 valence electrons. The normalized spacial score (nSPS) is 48.2. The van der Waals surface area contributed by atoms with Crippen LogP contribution in [0.25, 0.3) is 0 Å². The van der Waals surface area contributed by atoms with Gasteiger partial charge >= 0.3 is 5.97 Å². The Morgan fingerprint density at radius 2 is 1.94 bits per heavy atom. The third-order valence-corrected chi connectivity index (χ3v) is 5.98. The standard InChI is InChI=1S/C15H24O2/c1-14(2)7-4-8-15(3)10-9-13(16)17-11(10)5-6-12(14)15/h10-12H,4-9H2,1-3H3. The van der Waals surface area contributed by atoms with Crippen LogP contribution in [0.2, 0.25) is 0 Å². The molecule has 2 aliphatic carbocycles. The minimum absolute atomic E-state index is 0.0465. The molecule has 2 saturated carbocycles. The lowest BCUT2D eigenvalue weighted by Crippen LogP contribution is -2.51. The minimum atomic E-state index is 0.0465. The van der Waals surface area contributed by atoms with E-state index in [1.54, 1.807) is 0 Å². The van der Waals surface area contributed by atoms with Gasteiger partial charge in [0.1, 0.15) is 6.10 Å². The smallest absolute Gasteiger partial charge is 0.306 e. The van der Waals surface area contributed by atoms with Crippen LogP contribution in [-0.2, 0) is 9.53 Å². The lowest BCUT2D eigenvalue weighted by atomic mass is 9.48. The fraction of sp³-hybridized carbons (Fsp3) is 0.933. The second-order valence-corrected chi connectivity index (χ2v) is 7.32. The van der Waals surface area contributed by atoms with E-state index < -0.39 is 0 Å². The van der Waals surface area contributed by atoms with Crippen LogP contribution in [-0.4, -0.2) is 12.1 Å². The molecular formula is C15H24O2. The predicted molar refractivity (Wildman–Crippen MR) is 66.5 cm³/mol. The van der Waals surface area contributed by atoms with Crippen molar-refractivity contribution in [1.29, 1.82) is 0 Å². The number of rotatable bonds is 0. The zero-order valence-corrected chi connectivity index (χ0v) is 11.3. The van der Waals surface area contributed by atoms with Crippen molar-refractivity contribution in [3.05, 3.63) is 0 Å². The van der Waals surface area contributed by atoms with Gasteiger partial charge in [0.05, 0.1) is 6.42 Å². The Morgan fingerprint density at radius 3 is 2.71 bits per heavy atom. The molecule has 0 aromatic rings. The summed E-state index contributed by atoms with van der Waals surface area (Å²) in [5, 5.41) is 0. The van der Waals surface area contributed by atoms with Crippen LogP contribution in [0.1, 0.15) is 59.3 Å². The molecule has 1 aliphatic heterocycles. The number of ether oxygens (including phenoxy) is 1. The van der Waals surface area contributed by atoms with E-state index in [0.29, 0.717) is 23.2 Å². The van der Waals surface area contributed by atoms with Crippen molar-refractivity contribution in [2.75, 3.05) is 0 Å². The van der Waals surface area contributed by atoms with Crippen molar-refractivity contribution in [2.24, 2.45) is 22.7 Å². The van der Waals surface area contributed by atoms with E-state index in [2.05, 4.69) is 20.8 Å². The van der Waals surface area contributed by atoms with E-state index >= 15 is 0 Å². The highest BCUT2D eigenvalue weighted by Crippen LogP contribution is 2.62. The molecule has 0 bridgehead atoms. The molecule has 3 aliphatic rings. The van der Waals surface area contributed by atoms with Crippen molar-refractivity contribution in [2.45, 2.75) is 65.4 Å². The van der Waals surface area contributed by atoms with Gasteiger partial charge in [-0.1, -0.05) is 27.2 Å². The molecule has 3 fully saturated rings.